The second-order valence-corrected chi connectivity index (χ2v) is 10.8. The summed E-state index contributed by atoms with van der Waals surface area (Å²) in [7, 11) is 0. The fourth-order valence-electron chi connectivity index (χ4n) is 5.09. The molecule has 0 aliphatic carbocycles. The minimum absolute atomic E-state index is 0.112. The Kier molecular flexibility index (Phi) is 7.26. The number of rotatable bonds is 5. The van der Waals surface area contributed by atoms with Crippen molar-refractivity contribution < 1.29 is 19.1 Å². The molecule has 2 aliphatic rings. The average Bonchev–Trinajstić information content (AvgIpc) is 3.23. The van der Waals surface area contributed by atoms with E-state index >= 15 is 0 Å². The van der Waals surface area contributed by atoms with Crippen LogP contribution in [0, 0.1) is 0 Å². The second kappa shape index (κ2) is 10.4. The Morgan fingerprint density at radius 3 is 2.84 bits per heavy atom. The number of nitrogens with zero attached hydrogens (tertiary/aromatic N) is 3. The Bertz CT molecular complexity index is 1300. The molecule has 5 rings (SSSR count). The normalized spacial score (nSPS) is 21.2. The number of carbonyl (C=O) groups is 2. The topological polar surface area (TPSA) is 112 Å². The van der Waals surface area contributed by atoms with Gasteiger partial charge in [-0.1, -0.05) is 11.6 Å². The molecule has 10 nitrogen and oxygen atoms in total. The molecular formula is C26H33ClN6O4. The van der Waals surface area contributed by atoms with Crippen LogP contribution in [0.5, 0.6) is 0 Å². The van der Waals surface area contributed by atoms with Crippen molar-refractivity contribution in [3.8, 4) is 0 Å². The molecule has 2 aliphatic heterocycles. The van der Waals surface area contributed by atoms with Crippen LogP contribution in [0.25, 0.3) is 21.8 Å². The van der Waals surface area contributed by atoms with Crippen molar-refractivity contribution >= 4 is 51.0 Å². The van der Waals surface area contributed by atoms with Crippen molar-refractivity contribution in [1.82, 2.24) is 25.1 Å². The summed E-state index contributed by atoms with van der Waals surface area (Å²) < 4.78 is 11.4. The first-order valence-electron chi connectivity index (χ1n) is 12.6. The van der Waals surface area contributed by atoms with Gasteiger partial charge in [-0.15, -0.1) is 0 Å². The van der Waals surface area contributed by atoms with Gasteiger partial charge >= 0.3 is 6.03 Å². The fraction of sp³-hybridized carbons (Fsp3) is 0.500. The van der Waals surface area contributed by atoms with E-state index in [1.54, 1.807) is 23.4 Å². The van der Waals surface area contributed by atoms with E-state index in [0.29, 0.717) is 50.1 Å². The van der Waals surface area contributed by atoms with Gasteiger partial charge in [0.2, 0.25) is 5.91 Å². The van der Waals surface area contributed by atoms with Crippen LogP contribution in [0.2, 0.25) is 5.02 Å². The van der Waals surface area contributed by atoms with Crippen LogP contribution in [0.3, 0.4) is 0 Å². The Morgan fingerprint density at radius 1 is 1.27 bits per heavy atom. The van der Waals surface area contributed by atoms with Gasteiger partial charge in [-0.2, -0.15) is 0 Å². The lowest BCUT2D eigenvalue weighted by Crippen LogP contribution is -2.61. The minimum atomic E-state index is -0.532. The summed E-state index contributed by atoms with van der Waals surface area (Å²) in [4.78, 5) is 37.7. The van der Waals surface area contributed by atoms with Crippen LogP contribution >= 0.6 is 11.6 Å². The molecule has 4 heterocycles. The summed E-state index contributed by atoms with van der Waals surface area (Å²) in [6.45, 7) is 9.50. The van der Waals surface area contributed by atoms with Crippen molar-refractivity contribution in [1.29, 1.82) is 0 Å². The Balaban J connectivity index is 1.33. The largest absolute Gasteiger partial charge is 0.378 e. The third-order valence-electron chi connectivity index (χ3n) is 6.87. The summed E-state index contributed by atoms with van der Waals surface area (Å²) in [5.41, 5.74) is 1.83. The second-order valence-electron chi connectivity index (χ2n) is 10.4. The monoisotopic (exact) mass is 528 g/mol. The summed E-state index contributed by atoms with van der Waals surface area (Å²) >= 11 is 6.43. The molecule has 198 valence electrons. The number of halogens is 1. The van der Waals surface area contributed by atoms with Crippen LogP contribution in [-0.2, 0) is 14.3 Å². The van der Waals surface area contributed by atoms with Crippen LogP contribution in [0.1, 0.15) is 20.8 Å². The van der Waals surface area contributed by atoms with Gasteiger partial charge in [0, 0.05) is 54.2 Å². The van der Waals surface area contributed by atoms with Crippen molar-refractivity contribution in [2.45, 2.75) is 38.5 Å². The number of ether oxygens (including phenoxy) is 2. The maximum Gasteiger partial charge on any atom is 0.317 e. The van der Waals surface area contributed by atoms with E-state index < -0.39 is 11.6 Å². The van der Waals surface area contributed by atoms with Gasteiger partial charge in [0.05, 0.1) is 48.3 Å². The van der Waals surface area contributed by atoms with Crippen LogP contribution < -0.4 is 10.6 Å². The van der Waals surface area contributed by atoms with Gasteiger partial charge in [0.15, 0.2) is 0 Å². The quantitative estimate of drug-likeness (QED) is 0.469. The molecular weight excluding hydrogens is 496 g/mol. The Morgan fingerprint density at radius 2 is 2.05 bits per heavy atom. The molecule has 0 bridgehead atoms. The first kappa shape index (κ1) is 25.7. The predicted octanol–water partition coefficient (Wildman–Crippen LogP) is 3.22. The van der Waals surface area contributed by atoms with Crippen molar-refractivity contribution in [3.63, 3.8) is 0 Å². The van der Waals surface area contributed by atoms with E-state index in [-0.39, 0.29) is 24.6 Å². The maximum atomic E-state index is 13.6. The number of fused-ring (bicyclic) bond motifs is 3. The van der Waals surface area contributed by atoms with E-state index in [2.05, 4.69) is 25.5 Å². The van der Waals surface area contributed by atoms with Gasteiger partial charge in [-0.05, 0) is 39.0 Å². The van der Waals surface area contributed by atoms with Gasteiger partial charge in [0.25, 0.3) is 0 Å². The average molecular weight is 529 g/mol. The van der Waals surface area contributed by atoms with Gasteiger partial charge in [0.1, 0.15) is 6.04 Å². The Labute approximate surface area is 220 Å². The van der Waals surface area contributed by atoms with E-state index in [0.717, 1.165) is 21.8 Å². The zero-order valence-electron chi connectivity index (χ0n) is 21.3. The number of morpholine rings is 2. The maximum absolute atomic E-state index is 13.6. The number of pyridine rings is 1. The summed E-state index contributed by atoms with van der Waals surface area (Å²) in [6, 6.07) is 4.73. The molecule has 3 aromatic rings. The lowest BCUT2D eigenvalue weighted by Gasteiger charge is -2.44. The highest BCUT2D eigenvalue weighted by Gasteiger charge is 2.38. The van der Waals surface area contributed by atoms with Crippen molar-refractivity contribution in [3.05, 3.63) is 35.6 Å². The number of aromatic amines is 1. The molecule has 37 heavy (non-hydrogen) atoms. The van der Waals surface area contributed by atoms with E-state index in [9.17, 15) is 9.59 Å². The summed E-state index contributed by atoms with van der Waals surface area (Å²) in [6.07, 6.45) is 3.48. The zero-order valence-corrected chi connectivity index (χ0v) is 22.1. The number of anilines is 1. The molecule has 0 unspecified atom stereocenters. The number of H-pyrrole nitrogens is 1. The third kappa shape index (κ3) is 5.67. The lowest BCUT2D eigenvalue weighted by atomic mass is 10.0. The molecule has 2 saturated heterocycles. The number of carbonyl (C=O) groups excluding carboxylic acids is 2. The SMILES string of the molecule is C[C@@H](CN1CC(C)(C)OC[C@H]1C(=O)Nc1cc(Cl)cc2c1[nH]c1cnccc12)NC(=O)N1CCOCC1. The van der Waals surface area contributed by atoms with Crippen molar-refractivity contribution in [2.75, 3.05) is 51.3 Å². The molecule has 2 fully saturated rings. The summed E-state index contributed by atoms with van der Waals surface area (Å²) in [5, 5.41) is 8.57. The standard InChI is InChI=1S/C26H33ClN6O4/c1-16(29-25(35)32-6-8-36-9-7-32)13-33-15-26(2,3)37-14-22(33)24(34)31-20-11-17(27)10-19-18-4-5-28-12-21(18)30-23(19)20/h4-5,10-12,16,22,30H,6-9,13-15H2,1-3H3,(H,29,35)(H,31,34)/t16-,22-/m0/s1. The molecule has 3 amide bonds. The van der Waals surface area contributed by atoms with E-state index in [4.69, 9.17) is 21.1 Å². The molecule has 2 aromatic heterocycles. The highest BCUT2D eigenvalue weighted by molar-refractivity contribution is 6.33. The number of benzene rings is 1. The highest BCUT2D eigenvalue weighted by atomic mass is 35.5. The zero-order chi connectivity index (χ0) is 26.2. The number of hydrogen-bond acceptors (Lipinski definition) is 6. The van der Waals surface area contributed by atoms with Crippen LogP contribution in [0.15, 0.2) is 30.6 Å². The van der Waals surface area contributed by atoms with E-state index in [1.165, 1.54) is 0 Å². The fourth-order valence-corrected chi connectivity index (χ4v) is 5.30. The predicted molar refractivity (Wildman–Crippen MR) is 143 cm³/mol. The number of nitrogens with one attached hydrogen (secondary N) is 3. The van der Waals surface area contributed by atoms with Gasteiger partial charge in [-0.3, -0.25) is 14.7 Å². The smallest absolute Gasteiger partial charge is 0.317 e. The number of urea groups is 1. The van der Waals surface area contributed by atoms with Crippen LogP contribution in [-0.4, -0.2) is 95.4 Å². The minimum Gasteiger partial charge on any atom is -0.378 e. The first-order chi connectivity index (χ1) is 17.7. The first-order valence-corrected chi connectivity index (χ1v) is 12.9. The van der Waals surface area contributed by atoms with Gasteiger partial charge < -0.3 is 30.0 Å². The van der Waals surface area contributed by atoms with Crippen LogP contribution in [0.4, 0.5) is 10.5 Å². The Hall–Kier alpha value is -2.92. The number of aromatic nitrogens is 2. The number of amides is 3. The van der Waals surface area contributed by atoms with Gasteiger partial charge in [-0.25, -0.2) is 4.79 Å². The third-order valence-corrected chi connectivity index (χ3v) is 7.09. The van der Waals surface area contributed by atoms with E-state index in [1.807, 2.05) is 32.9 Å². The summed E-state index contributed by atoms with van der Waals surface area (Å²) in [5.74, 6) is -0.192. The van der Waals surface area contributed by atoms with Crippen molar-refractivity contribution in [2.24, 2.45) is 0 Å². The lowest BCUT2D eigenvalue weighted by molar-refractivity contribution is -0.143. The number of hydrogen-bond donors (Lipinski definition) is 3. The molecule has 11 heteroatoms. The molecule has 0 saturated carbocycles. The molecule has 3 N–H and O–H groups in total. The molecule has 0 radical (unpaired) electrons. The highest BCUT2D eigenvalue weighted by Crippen LogP contribution is 2.33. The molecule has 0 spiro atoms. The molecule has 2 atom stereocenters. The molecule has 1 aromatic carbocycles.